The predicted molar refractivity (Wildman–Crippen MR) is 70.5 cm³/mol. The minimum atomic E-state index is 0.137. The van der Waals surface area contributed by atoms with Gasteiger partial charge in [-0.3, -0.25) is 0 Å². The number of hydrogen-bond acceptors (Lipinski definition) is 3. The smallest absolute Gasteiger partial charge is 0.127 e. The lowest BCUT2D eigenvalue weighted by molar-refractivity contribution is 0.661. The van der Waals surface area contributed by atoms with Crippen LogP contribution in [0.25, 0.3) is 10.2 Å². The topological polar surface area (TPSA) is 25.8 Å². The Morgan fingerprint density at radius 1 is 1.44 bits per heavy atom. The second kappa shape index (κ2) is 4.68. The molecule has 0 saturated carbocycles. The Morgan fingerprint density at radius 3 is 2.88 bits per heavy atom. The van der Waals surface area contributed by atoms with Crippen LogP contribution in [0.2, 0.25) is 0 Å². The fraction of sp³-hybridized carbons (Fsp3) is 0.500. The molecule has 2 aromatic rings. The molecule has 2 rings (SSSR count). The second-order valence-corrected chi connectivity index (χ2v) is 5.84. The first-order chi connectivity index (χ1) is 7.63. The fourth-order valence-electron chi connectivity index (χ4n) is 1.88. The summed E-state index contributed by atoms with van der Waals surface area (Å²) < 4.78 is 0. The number of hydrogen-bond donors (Lipinski definition) is 0. The highest BCUT2D eigenvalue weighted by Gasteiger charge is 2.19. The normalized spacial score (nSPS) is 15.2. The minimum absolute atomic E-state index is 0.137. The average Bonchev–Trinajstić information content (AvgIpc) is 2.66. The Hall–Kier alpha value is -0.670. The Morgan fingerprint density at radius 2 is 2.19 bits per heavy atom. The summed E-state index contributed by atoms with van der Waals surface area (Å²) in [6.07, 6.45) is 2.60. The summed E-state index contributed by atoms with van der Waals surface area (Å²) in [4.78, 5) is 11.0. The molecule has 0 bridgehead atoms. The van der Waals surface area contributed by atoms with E-state index in [9.17, 15) is 0 Å². The van der Waals surface area contributed by atoms with Crippen LogP contribution < -0.4 is 0 Å². The fourth-order valence-corrected chi connectivity index (χ4v) is 2.86. The van der Waals surface area contributed by atoms with Gasteiger partial charge in [-0.1, -0.05) is 13.8 Å². The maximum Gasteiger partial charge on any atom is 0.127 e. The summed E-state index contributed by atoms with van der Waals surface area (Å²) in [5.74, 6) is 0.270. The molecule has 2 heterocycles. The Kier molecular flexibility index (Phi) is 3.45. The van der Waals surface area contributed by atoms with Crippen LogP contribution in [0.5, 0.6) is 0 Å². The molecule has 0 amide bonds. The number of fused-ring (bicyclic) bond motifs is 1. The zero-order valence-corrected chi connectivity index (χ0v) is 11.3. The van der Waals surface area contributed by atoms with Crippen molar-refractivity contribution in [2.45, 2.75) is 38.5 Å². The first-order valence-electron chi connectivity index (χ1n) is 5.48. The van der Waals surface area contributed by atoms with Crippen molar-refractivity contribution in [2.75, 3.05) is 0 Å². The number of alkyl halides is 1. The monoisotopic (exact) mass is 254 g/mol. The highest BCUT2D eigenvalue weighted by Crippen LogP contribution is 2.32. The van der Waals surface area contributed by atoms with Crippen LogP contribution in [0.3, 0.4) is 0 Å². The first-order valence-corrected chi connectivity index (χ1v) is 6.74. The van der Waals surface area contributed by atoms with Crippen LogP contribution in [0.4, 0.5) is 0 Å². The molecule has 4 heteroatoms. The van der Waals surface area contributed by atoms with E-state index in [2.05, 4.69) is 36.8 Å². The van der Waals surface area contributed by atoms with Gasteiger partial charge in [0, 0.05) is 21.6 Å². The van der Waals surface area contributed by atoms with Crippen LogP contribution in [0, 0.1) is 6.92 Å². The summed E-state index contributed by atoms with van der Waals surface area (Å²) in [5.41, 5.74) is 1.08. The van der Waals surface area contributed by atoms with Gasteiger partial charge in [-0.15, -0.1) is 22.9 Å². The third kappa shape index (κ3) is 2.06. The Labute approximate surface area is 105 Å². The molecule has 0 N–H and O–H groups in total. The van der Waals surface area contributed by atoms with Crippen LogP contribution in [-0.2, 0) is 0 Å². The van der Waals surface area contributed by atoms with Gasteiger partial charge in [0.1, 0.15) is 11.2 Å². The molecule has 0 aliphatic heterocycles. The summed E-state index contributed by atoms with van der Waals surface area (Å²) in [6, 6.07) is 2.16. The van der Waals surface area contributed by atoms with Gasteiger partial charge in [-0.25, -0.2) is 9.97 Å². The van der Waals surface area contributed by atoms with Crippen molar-refractivity contribution >= 4 is 33.2 Å². The van der Waals surface area contributed by atoms with Gasteiger partial charge in [0.25, 0.3) is 0 Å². The predicted octanol–water partition coefficient (Wildman–Crippen LogP) is 4.12. The summed E-state index contributed by atoms with van der Waals surface area (Å²) in [7, 11) is 0. The van der Waals surface area contributed by atoms with Crippen molar-refractivity contribution in [1.29, 1.82) is 0 Å². The summed E-state index contributed by atoms with van der Waals surface area (Å²) in [5, 5.41) is 1.30. The third-order valence-electron chi connectivity index (χ3n) is 2.85. The number of halogens is 1. The van der Waals surface area contributed by atoms with Crippen LogP contribution >= 0.6 is 22.9 Å². The van der Waals surface area contributed by atoms with Gasteiger partial charge in [0.05, 0.1) is 5.69 Å². The maximum absolute atomic E-state index is 6.30. The largest absolute Gasteiger partial charge is 0.240 e. The van der Waals surface area contributed by atoms with E-state index < -0.39 is 0 Å². The number of aromatic nitrogens is 2. The van der Waals surface area contributed by atoms with Crippen molar-refractivity contribution in [3.8, 4) is 0 Å². The molecular weight excluding hydrogens is 240 g/mol. The summed E-state index contributed by atoms with van der Waals surface area (Å²) >= 11 is 8.01. The number of nitrogens with zero attached hydrogens (tertiary/aromatic N) is 2. The quantitative estimate of drug-likeness (QED) is 0.770. The van der Waals surface area contributed by atoms with Crippen LogP contribution in [0.1, 0.15) is 36.8 Å². The lowest BCUT2D eigenvalue weighted by atomic mass is 9.99. The minimum Gasteiger partial charge on any atom is -0.240 e. The zero-order chi connectivity index (χ0) is 11.7. The molecule has 2 nitrogen and oxygen atoms in total. The maximum atomic E-state index is 6.30. The van der Waals surface area contributed by atoms with E-state index in [1.807, 2.05) is 0 Å². The summed E-state index contributed by atoms with van der Waals surface area (Å²) in [6.45, 7) is 6.33. The first kappa shape index (κ1) is 11.8. The molecule has 16 heavy (non-hydrogen) atoms. The molecule has 0 fully saturated rings. The van der Waals surface area contributed by atoms with Crippen LogP contribution in [-0.4, -0.2) is 15.3 Å². The van der Waals surface area contributed by atoms with Crippen molar-refractivity contribution < 1.29 is 0 Å². The zero-order valence-electron chi connectivity index (χ0n) is 9.70. The Bertz CT molecular complexity index is 495. The molecule has 2 aromatic heterocycles. The van der Waals surface area contributed by atoms with Crippen molar-refractivity contribution in [1.82, 2.24) is 9.97 Å². The van der Waals surface area contributed by atoms with E-state index in [4.69, 9.17) is 11.6 Å². The van der Waals surface area contributed by atoms with Crippen LogP contribution in [0.15, 0.2) is 12.4 Å². The molecule has 0 spiro atoms. The molecular formula is C12H15ClN2S. The molecule has 0 aliphatic carbocycles. The molecule has 2 unspecified atom stereocenters. The van der Waals surface area contributed by atoms with E-state index in [0.717, 1.165) is 22.3 Å². The number of rotatable bonds is 3. The van der Waals surface area contributed by atoms with Crippen molar-refractivity contribution in [2.24, 2.45) is 0 Å². The molecule has 0 radical (unpaired) electrons. The van der Waals surface area contributed by atoms with E-state index in [1.54, 1.807) is 17.7 Å². The lowest BCUT2D eigenvalue weighted by Crippen LogP contribution is -2.10. The van der Waals surface area contributed by atoms with E-state index in [0.29, 0.717) is 0 Å². The Balaban J connectivity index is 2.51. The lowest BCUT2D eigenvalue weighted by Gasteiger charge is -2.16. The van der Waals surface area contributed by atoms with Gasteiger partial charge < -0.3 is 0 Å². The van der Waals surface area contributed by atoms with Gasteiger partial charge in [0.15, 0.2) is 0 Å². The molecule has 86 valence electrons. The average molecular weight is 255 g/mol. The third-order valence-corrected chi connectivity index (χ3v) is 4.49. The van der Waals surface area contributed by atoms with Gasteiger partial charge in [-0.2, -0.15) is 0 Å². The highest BCUT2D eigenvalue weighted by molar-refractivity contribution is 7.18. The van der Waals surface area contributed by atoms with Gasteiger partial charge >= 0.3 is 0 Å². The number of aryl methyl sites for hydroxylation is 1. The van der Waals surface area contributed by atoms with E-state index in [-0.39, 0.29) is 11.3 Å². The van der Waals surface area contributed by atoms with Gasteiger partial charge in [0.2, 0.25) is 0 Å². The second-order valence-electron chi connectivity index (χ2n) is 4.05. The highest BCUT2D eigenvalue weighted by atomic mass is 35.5. The van der Waals surface area contributed by atoms with Crippen molar-refractivity contribution in [3.63, 3.8) is 0 Å². The van der Waals surface area contributed by atoms with E-state index in [1.165, 1.54) is 4.88 Å². The molecule has 2 atom stereocenters. The van der Waals surface area contributed by atoms with Gasteiger partial charge in [-0.05, 0) is 19.4 Å². The number of thiophene rings is 1. The van der Waals surface area contributed by atoms with Crippen molar-refractivity contribution in [3.05, 3.63) is 23.0 Å². The standard InChI is InChI=1S/C12H15ClN2S/c1-4-10(13)8(3)11-9-5-7(2)16-12(9)15-6-14-11/h5-6,8,10H,4H2,1-3H3. The molecule has 0 saturated heterocycles. The molecule has 0 aliphatic rings. The van der Waals surface area contributed by atoms with E-state index >= 15 is 0 Å². The molecule has 0 aromatic carbocycles. The SMILES string of the molecule is CCC(Cl)C(C)c1ncnc2sc(C)cc12.